The molecule has 1 aromatic carbocycles. The molecule has 0 amide bonds. The zero-order valence-electron chi connectivity index (χ0n) is 13.8. The van der Waals surface area contributed by atoms with E-state index in [0.717, 1.165) is 17.7 Å². The average molecular weight is 322 g/mol. The van der Waals surface area contributed by atoms with Crippen molar-refractivity contribution < 1.29 is 0 Å². The molecule has 5 nitrogen and oxygen atoms in total. The lowest BCUT2D eigenvalue weighted by molar-refractivity contribution is 0.759. The van der Waals surface area contributed by atoms with Gasteiger partial charge >= 0.3 is 0 Å². The van der Waals surface area contributed by atoms with Gasteiger partial charge in [0.1, 0.15) is 0 Å². The van der Waals surface area contributed by atoms with Crippen molar-refractivity contribution >= 4 is 5.96 Å². The van der Waals surface area contributed by atoms with E-state index in [1.165, 1.54) is 0 Å². The second-order valence-corrected chi connectivity index (χ2v) is 5.24. The summed E-state index contributed by atoms with van der Waals surface area (Å²) in [5.74, 6) is 3.23. The van der Waals surface area contributed by atoms with Crippen molar-refractivity contribution in [3.05, 3.63) is 70.1 Å². The molecule has 0 aliphatic heterocycles. The molecule has 2 N–H and O–H groups in total. The van der Waals surface area contributed by atoms with Gasteiger partial charge in [0, 0.05) is 18.8 Å². The maximum absolute atomic E-state index is 11.7. The predicted molar refractivity (Wildman–Crippen MR) is 97.9 cm³/mol. The van der Waals surface area contributed by atoms with Crippen molar-refractivity contribution in [3.63, 3.8) is 0 Å². The average Bonchev–Trinajstić information content (AvgIpc) is 2.60. The molecule has 1 aromatic heterocycles. The van der Waals surface area contributed by atoms with Crippen LogP contribution < -0.4 is 16.2 Å². The monoisotopic (exact) mass is 322 g/mol. The molecule has 0 spiro atoms. The Labute approximate surface area is 142 Å². The van der Waals surface area contributed by atoms with Gasteiger partial charge in [0.15, 0.2) is 5.96 Å². The van der Waals surface area contributed by atoms with Gasteiger partial charge in [-0.3, -0.25) is 4.79 Å². The SMILES string of the molecule is C#CCNC(=NCc1ccc(Cn2ccccc2=O)cc1)NCC. The zero-order chi connectivity index (χ0) is 17.2. The molecule has 0 radical (unpaired) electrons. The van der Waals surface area contributed by atoms with E-state index in [1.54, 1.807) is 22.9 Å². The molecule has 1 heterocycles. The van der Waals surface area contributed by atoms with Crippen LogP contribution in [0, 0.1) is 12.3 Å². The molecule has 0 aliphatic carbocycles. The summed E-state index contributed by atoms with van der Waals surface area (Å²) in [5.41, 5.74) is 2.17. The van der Waals surface area contributed by atoms with Gasteiger partial charge in [-0.25, -0.2) is 4.99 Å². The fraction of sp³-hybridized carbons (Fsp3) is 0.263. The summed E-state index contributed by atoms with van der Waals surface area (Å²) >= 11 is 0. The summed E-state index contributed by atoms with van der Waals surface area (Å²) in [4.78, 5) is 16.2. The van der Waals surface area contributed by atoms with Crippen molar-refractivity contribution in [3.8, 4) is 12.3 Å². The minimum atomic E-state index is 0.000968. The van der Waals surface area contributed by atoms with E-state index >= 15 is 0 Å². The van der Waals surface area contributed by atoms with Gasteiger partial charge in [0.05, 0.1) is 19.6 Å². The first kappa shape index (κ1) is 17.4. The van der Waals surface area contributed by atoms with Gasteiger partial charge in [-0.15, -0.1) is 6.42 Å². The highest BCUT2D eigenvalue weighted by molar-refractivity contribution is 5.79. The van der Waals surface area contributed by atoms with E-state index in [0.29, 0.717) is 25.6 Å². The van der Waals surface area contributed by atoms with Gasteiger partial charge in [-0.2, -0.15) is 0 Å². The molecule has 0 aliphatic rings. The molecular weight excluding hydrogens is 300 g/mol. The molecule has 0 atom stereocenters. The number of terminal acetylenes is 1. The number of nitrogens with zero attached hydrogens (tertiary/aromatic N) is 2. The first-order valence-corrected chi connectivity index (χ1v) is 7.92. The molecule has 0 fully saturated rings. The number of guanidine groups is 1. The second-order valence-electron chi connectivity index (χ2n) is 5.24. The summed E-state index contributed by atoms with van der Waals surface area (Å²) < 4.78 is 1.68. The minimum absolute atomic E-state index is 0.000968. The van der Waals surface area contributed by atoms with Crippen LogP contribution in [0.15, 0.2) is 58.4 Å². The first-order valence-electron chi connectivity index (χ1n) is 7.92. The predicted octanol–water partition coefficient (Wildman–Crippen LogP) is 1.58. The van der Waals surface area contributed by atoms with Gasteiger partial charge < -0.3 is 15.2 Å². The van der Waals surface area contributed by atoms with Gasteiger partial charge in [-0.1, -0.05) is 36.3 Å². The number of nitrogens with one attached hydrogen (secondary N) is 2. The Morgan fingerprint density at radius 2 is 1.92 bits per heavy atom. The highest BCUT2D eigenvalue weighted by atomic mass is 16.1. The number of hydrogen-bond acceptors (Lipinski definition) is 2. The fourth-order valence-corrected chi connectivity index (χ4v) is 2.18. The van der Waals surface area contributed by atoms with E-state index in [4.69, 9.17) is 6.42 Å². The molecule has 124 valence electrons. The molecule has 0 unspecified atom stereocenters. The van der Waals surface area contributed by atoms with Crippen molar-refractivity contribution in [1.82, 2.24) is 15.2 Å². The Balaban J connectivity index is 2.00. The first-order chi connectivity index (χ1) is 11.7. The number of rotatable bonds is 6. The molecule has 5 heteroatoms. The Hall–Kier alpha value is -3.00. The lowest BCUT2D eigenvalue weighted by Gasteiger charge is -2.09. The van der Waals surface area contributed by atoms with Crippen LogP contribution in [-0.2, 0) is 13.1 Å². The Bertz CT molecular complexity index is 769. The summed E-state index contributed by atoms with van der Waals surface area (Å²) in [6, 6.07) is 13.3. The maximum Gasteiger partial charge on any atom is 0.250 e. The molecule has 2 rings (SSSR count). The minimum Gasteiger partial charge on any atom is -0.357 e. The van der Waals surface area contributed by atoms with Gasteiger partial charge in [-0.05, 0) is 24.1 Å². The molecule has 24 heavy (non-hydrogen) atoms. The highest BCUT2D eigenvalue weighted by Crippen LogP contribution is 2.07. The lowest BCUT2D eigenvalue weighted by Crippen LogP contribution is -2.37. The Morgan fingerprint density at radius 3 is 2.58 bits per heavy atom. The largest absolute Gasteiger partial charge is 0.357 e. The summed E-state index contributed by atoms with van der Waals surface area (Å²) in [6.07, 6.45) is 7.04. The van der Waals surface area contributed by atoms with E-state index in [1.807, 2.05) is 37.3 Å². The van der Waals surface area contributed by atoms with Crippen LogP contribution >= 0.6 is 0 Å². The third-order valence-corrected chi connectivity index (χ3v) is 3.40. The molecule has 0 saturated carbocycles. The highest BCUT2D eigenvalue weighted by Gasteiger charge is 1.99. The van der Waals surface area contributed by atoms with Crippen LogP contribution in [0.2, 0.25) is 0 Å². The van der Waals surface area contributed by atoms with Crippen LogP contribution in [0.1, 0.15) is 18.1 Å². The maximum atomic E-state index is 11.7. The summed E-state index contributed by atoms with van der Waals surface area (Å²) in [7, 11) is 0. The standard InChI is InChI=1S/C19H22N4O/c1-3-12-21-19(20-4-2)22-14-16-8-10-17(11-9-16)15-23-13-6-5-7-18(23)24/h1,5-11,13H,4,12,14-15H2,2H3,(H2,20,21,22). The van der Waals surface area contributed by atoms with E-state index in [-0.39, 0.29) is 5.56 Å². The molecule has 0 saturated heterocycles. The second kappa shape index (κ2) is 9.21. The third kappa shape index (κ3) is 5.33. The molecule has 0 bridgehead atoms. The quantitative estimate of drug-likeness (QED) is 0.482. The van der Waals surface area contributed by atoms with Crippen molar-refractivity contribution in [2.75, 3.05) is 13.1 Å². The van der Waals surface area contributed by atoms with Crippen LogP contribution in [0.25, 0.3) is 0 Å². The topological polar surface area (TPSA) is 58.4 Å². The fourth-order valence-electron chi connectivity index (χ4n) is 2.18. The summed E-state index contributed by atoms with van der Waals surface area (Å²) in [5, 5.41) is 6.20. The van der Waals surface area contributed by atoms with Crippen molar-refractivity contribution in [2.45, 2.75) is 20.0 Å². The molecular formula is C19H22N4O. The number of hydrogen-bond donors (Lipinski definition) is 2. The smallest absolute Gasteiger partial charge is 0.250 e. The third-order valence-electron chi connectivity index (χ3n) is 3.40. The number of aromatic nitrogens is 1. The Morgan fingerprint density at radius 1 is 1.17 bits per heavy atom. The van der Waals surface area contributed by atoms with Gasteiger partial charge in [0.25, 0.3) is 5.56 Å². The number of aliphatic imine (C=N–C) groups is 1. The van der Waals surface area contributed by atoms with Crippen LogP contribution in [0.4, 0.5) is 0 Å². The van der Waals surface area contributed by atoms with Gasteiger partial charge in [0.2, 0.25) is 0 Å². The van der Waals surface area contributed by atoms with E-state index in [9.17, 15) is 4.79 Å². The zero-order valence-corrected chi connectivity index (χ0v) is 13.8. The Kier molecular flexibility index (Phi) is 6.66. The number of pyridine rings is 1. The lowest BCUT2D eigenvalue weighted by atomic mass is 10.1. The van der Waals surface area contributed by atoms with Crippen molar-refractivity contribution in [1.29, 1.82) is 0 Å². The van der Waals surface area contributed by atoms with E-state index < -0.39 is 0 Å². The van der Waals surface area contributed by atoms with Crippen LogP contribution in [0.5, 0.6) is 0 Å². The summed E-state index contributed by atoms with van der Waals surface area (Å²) in [6.45, 7) is 4.35. The molecule has 2 aromatic rings. The number of benzene rings is 1. The van der Waals surface area contributed by atoms with Crippen LogP contribution in [-0.4, -0.2) is 23.6 Å². The van der Waals surface area contributed by atoms with Crippen molar-refractivity contribution in [2.24, 2.45) is 4.99 Å². The van der Waals surface area contributed by atoms with E-state index in [2.05, 4.69) is 21.5 Å². The normalized spacial score (nSPS) is 10.9. The van der Waals surface area contributed by atoms with Crippen LogP contribution in [0.3, 0.4) is 0 Å².